The third kappa shape index (κ3) is 3.74. The minimum atomic E-state index is -0.955. The Morgan fingerprint density at radius 1 is 1.32 bits per heavy atom. The fourth-order valence-electron chi connectivity index (χ4n) is 2.41. The fraction of sp³-hybridized carbons (Fsp3) is 0.118. The molecule has 0 fully saturated rings. The molecule has 0 saturated carbocycles. The number of nitro groups is 1. The van der Waals surface area contributed by atoms with Crippen molar-refractivity contribution in [3.63, 3.8) is 0 Å². The Hall–Kier alpha value is -3.42. The number of hydrogen-bond donors (Lipinski definition) is 1. The Morgan fingerprint density at radius 2 is 2.08 bits per heavy atom. The van der Waals surface area contributed by atoms with Crippen LogP contribution in [0.15, 0.2) is 55.1 Å². The second kappa shape index (κ2) is 7.00. The van der Waals surface area contributed by atoms with Gasteiger partial charge in [-0.15, -0.1) is 0 Å². The summed E-state index contributed by atoms with van der Waals surface area (Å²) in [5.74, 6) is -0.758. The number of rotatable bonds is 6. The maximum absolute atomic E-state index is 14.0. The predicted molar refractivity (Wildman–Crippen MR) is 90.7 cm³/mol. The van der Waals surface area contributed by atoms with E-state index in [1.807, 2.05) is 22.9 Å². The van der Waals surface area contributed by atoms with Crippen LogP contribution < -0.4 is 10.1 Å². The summed E-state index contributed by atoms with van der Waals surface area (Å²) < 4.78 is 20.9. The first-order valence-corrected chi connectivity index (χ1v) is 7.40. The third-order valence-corrected chi connectivity index (χ3v) is 3.61. The van der Waals surface area contributed by atoms with Gasteiger partial charge in [-0.25, -0.2) is 4.98 Å². The average Bonchev–Trinajstić information content (AvgIpc) is 3.08. The predicted octanol–water partition coefficient (Wildman–Crippen LogP) is 3.73. The summed E-state index contributed by atoms with van der Waals surface area (Å²) in [6.07, 6.45) is 5.27. The van der Waals surface area contributed by atoms with E-state index in [0.29, 0.717) is 12.2 Å². The van der Waals surface area contributed by atoms with Gasteiger partial charge in [0.05, 0.1) is 18.4 Å². The van der Waals surface area contributed by atoms with E-state index in [0.717, 1.165) is 11.6 Å². The molecule has 0 aliphatic rings. The van der Waals surface area contributed by atoms with Crippen LogP contribution in [0, 0.1) is 15.9 Å². The van der Waals surface area contributed by atoms with Gasteiger partial charge in [0.25, 0.3) is 0 Å². The van der Waals surface area contributed by atoms with Crippen molar-refractivity contribution >= 4 is 17.1 Å². The zero-order chi connectivity index (χ0) is 17.8. The molecule has 8 heteroatoms. The first kappa shape index (κ1) is 16.4. The number of aromatic nitrogens is 2. The second-order valence-electron chi connectivity index (χ2n) is 5.32. The van der Waals surface area contributed by atoms with E-state index in [4.69, 9.17) is 4.74 Å². The van der Waals surface area contributed by atoms with Crippen molar-refractivity contribution in [2.75, 3.05) is 12.4 Å². The van der Waals surface area contributed by atoms with Crippen LogP contribution in [0.25, 0.3) is 0 Å². The van der Waals surface area contributed by atoms with Gasteiger partial charge in [0, 0.05) is 36.8 Å². The van der Waals surface area contributed by atoms with Gasteiger partial charge in [0.1, 0.15) is 11.4 Å². The van der Waals surface area contributed by atoms with E-state index in [-0.39, 0.29) is 11.4 Å². The van der Waals surface area contributed by atoms with Crippen LogP contribution in [0.4, 0.5) is 21.5 Å². The van der Waals surface area contributed by atoms with Gasteiger partial charge in [-0.05, 0) is 17.7 Å². The SMILES string of the molecule is COc1cc(F)c([N+](=O)[O-])c(Nc2ccc(Cn3ccnc3)cc2)c1. The van der Waals surface area contributed by atoms with Crippen LogP contribution in [0.1, 0.15) is 5.56 Å². The molecule has 1 aromatic heterocycles. The minimum absolute atomic E-state index is 0.0317. The van der Waals surface area contributed by atoms with Gasteiger partial charge < -0.3 is 14.6 Å². The van der Waals surface area contributed by atoms with Crippen molar-refractivity contribution in [1.82, 2.24) is 9.55 Å². The zero-order valence-electron chi connectivity index (χ0n) is 13.3. The van der Waals surface area contributed by atoms with Crippen LogP contribution in [0.5, 0.6) is 5.75 Å². The lowest BCUT2D eigenvalue weighted by molar-refractivity contribution is -0.386. The lowest BCUT2D eigenvalue weighted by Gasteiger charge is -2.10. The molecule has 3 aromatic rings. The van der Waals surface area contributed by atoms with Gasteiger partial charge in [-0.2, -0.15) is 4.39 Å². The molecule has 3 rings (SSSR count). The number of nitrogens with zero attached hydrogens (tertiary/aromatic N) is 3. The molecular weight excluding hydrogens is 327 g/mol. The summed E-state index contributed by atoms with van der Waals surface area (Å²) in [6, 6.07) is 9.67. The minimum Gasteiger partial charge on any atom is -0.497 e. The van der Waals surface area contributed by atoms with Crippen LogP contribution >= 0.6 is 0 Å². The summed E-state index contributed by atoms with van der Waals surface area (Å²) in [5, 5.41) is 14.0. The first-order valence-electron chi connectivity index (χ1n) is 7.40. The normalized spacial score (nSPS) is 10.5. The summed E-state index contributed by atoms with van der Waals surface area (Å²) in [5.41, 5.74) is 1.05. The fourth-order valence-corrected chi connectivity index (χ4v) is 2.41. The highest BCUT2D eigenvalue weighted by Crippen LogP contribution is 2.34. The number of imidazole rings is 1. The number of nitrogens with one attached hydrogen (secondary N) is 1. The van der Waals surface area contributed by atoms with Crippen LogP contribution in [0.3, 0.4) is 0 Å². The van der Waals surface area contributed by atoms with E-state index < -0.39 is 16.4 Å². The summed E-state index contributed by atoms with van der Waals surface area (Å²) in [4.78, 5) is 14.4. The molecule has 0 bridgehead atoms. The summed E-state index contributed by atoms with van der Waals surface area (Å²) in [7, 11) is 1.37. The molecule has 0 atom stereocenters. The third-order valence-electron chi connectivity index (χ3n) is 3.61. The standard InChI is InChI=1S/C17H15FN4O3/c1-25-14-8-15(18)17(22(23)24)16(9-14)20-13-4-2-12(3-5-13)10-21-7-6-19-11-21/h2-9,11,20H,10H2,1H3. The van der Waals surface area contributed by atoms with Gasteiger partial charge >= 0.3 is 5.69 Å². The molecule has 1 N–H and O–H groups in total. The van der Waals surface area contributed by atoms with E-state index >= 15 is 0 Å². The van der Waals surface area contributed by atoms with Gasteiger partial charge in [0.2, 0.25) is 5.82 Å². The molecule has 0 radical (unpaired) electrons. The number of methoxy groups -OCH3 is 1. The highest BCUT2D eigenvalue weighted by Gasteiger charge is 2.22. The first-order chi connectivity index (χ1) is 12.1. The largest absolute Gasteiger partial charge is 0.497 e. The molecule has 25 heavy (non-hydrogen) atoms. The van der Waals surface area contributed by atoms with Gasteiger partial charge in [-0.1, -0.05) is 12.1 Å². The average molecular weight is 342 g/mol. The molecule has 0 aliphatic carbocycles. The van der Waals surface area contributed by atoms with Crippen molar-refractivity contribution < 1.29 is 14.1 Å². The molecule has 1 heterocycles. The van der Waals surface area contributed by atoms with Crippen LogP contribution in [-0.2, 0) is 6.54 Å². The molecule has 0 saturated heterocycles. The van der Waals surface area contributed by atoms with E-state index in [2.05, 4.69) is 10.3 Å². The maximum atomic E-state index is 14.0. The maximum Gasteiger partial charge on any atom is 0.328 e. The van der Waals surface area contributed by atoms with Crippen molar-refractivity contribution in [1.29, 1.82) is 0 Å². The highest BCUT2D eigenvalue weighted by atomic mass is 19.1. The Bertz CT molecular complexity index is 880. The Kier molecular flexibility index (Phi) is 4.60. The number of nitro benzene ring substituents is 1. The van der Waals surface area contributed by atoms with Crippen LogP contribution in [-0.4, -0.2) is 21.6 Å². The van der Waals surface area contributed by atoms with Crippen molar-refractivity contribution in [3.8, 4) is 5.75 Å². The number of hydrogen-bond acceptors (Lipinski definition) is 5. The number of ether oxygens (including phenoxy) is 1. The molecule has 0 spiro atoms. The van der Waals surface area contributed by atoms with Gasteiger partial charge in [0.15, 0.2) is 0 Å². The van der Waals surface area contributed by atoms with Crippen LogP contribution in [0.2, 0.25) is 0 Å². The lowest BCUT2D eigenvalue weighted by atomic mass is 10.2. The molecule has 0 aliphatic heterocycles. The molecular formula is C17H15FN4O3. The number of halogens is 1. The number of anilines is 2. The second-order valence-corrected chi connectivity index (χ2v) is 5.32. The van der Waals surface area contributed by atoms with E-state index in [1.54, 1.807) is 24.7 Å². The quantitative estimate of drug-likeness (QED) is 0.545. The Labute approximate surface area is 142 Å². The molecule has 0 unspecified atom stereocenters. The summed E-state index contributed by atoms with van der Waals surface area (Å²) in [6.45, 7) is 0.661. The smallest absolute Gasteiger partial charge is 0.328 e. The zero-order valence-corrected chi connectivity index (χ0v) is 13.3. The van der Waals surface area contributed by atoms with Crippen molar-refractivity contribution in [3.05, 3.63) is 76.6 Å². The molecule has 2 aromatic carbocycles. The Balaban J connectivity index is 1.84. The molecule has 0 amide bonds. The van der Waals surface area contributed by atoms with E-state index in [9.17, 15) is 14.5 Å². The molecule has 128 valence electrons. The van der Waals surface area contributed by atoms with Crippen molar-refractivity contribution in [2.24, 2.45) is 0 Å². The lowest BCUT2D eigenvalue weighted by Crippen LogP contribution is -2.01. The number of benzene rings is 2. The topological polar surface area (TPSA) is 82.2 Å². The Morgan fingerprint density at radius 3 is 2.68 bits per heavy atom. The van der Waals surface area contributed by atoms with Gasteiger partial charge in [-0.3, -0.25) is 10.1 Å². The highest BCUT2D eigenvalue weighted by molar-refractivity contribution is 5.71. The van der Waals surface area contributed by atoms with Crippen molar-refractivity contribution in [2.45, 2.75) is 6.54 Å². The monoisotopic (exact) mass is 342 g/mol. The van der Waals surface area contributed by atoms with E-state index in [1.165, 1.54) is 13.2 Å². The molecule has 7 nitrogen and oxygen atoms in total. The summed E-state index contributed by atoms with van der Waals surface area (Å²) >= 11 is 0.